The highest BCUT2D eigenvalue weighted by atomic mass is 19.1. The number of hydrogen-bond acceptors (Lipinski definition) is 0. The van der Waals surface area contributed by atoms with Crippen molar-refractivity contribution in [3.8, 4) is 50.5 Å². The van der Waals surface area contributed by atoms with Crippen LogP contribution >= 0.6 is 0 Å². The molecule has 1 aromatic heterocycles. The minimum atomic E-state index is -0.196. The van der Waals surface area contributed by atoms with Gasteiger partial charge in [0.25, 0.3) is 5.82 Å². The second kappa shape index (κ2) is 8.72. The van der Waals surface area contributed by atoms with Gasteiger partial charge in [-0.2, -0.15) is 4.57 Å². The molecule has 0 aliphatic carbocycles. The molecule has 6 aromatic rings. The first-order valence-corrected chi connectivity index (χ1v) is 12.5. The summed E-state index contributed by atoms with van der Waals surface area (Å²) in [6, 6.07) is 41.4. The van der Waals surface area contributed by atoms with E-state index in [9.17, 15) is 4.39 Å². The average Bonchev–Trinajstić information content (AvgIpc) is 3.52. The average molecular weight is 480 g/mol. The van der Waals surface area contributed by atoms with E-state index in [1.54, 1.807) is 12.1 Å². The van der Waals surface area contributed by atoms with Crippen molar-refractivity contribution in [3.63, 3.8) is 0 Å². The third kappa shape index (κ3) is 3.68. The summed E-state index contributed by atoms with van der Waals surface area (Å²) in [5.74, 6) is 0.870. The molecule has 0 spiro atoms. The third-order valence-corrected chi connectivity index (χ3v) is 7.17. The Balaban J connectivity index is 1.57. The van der Waals surface area contributed by atoms with Crippen molar-refractivity contribution in [2.75, 3.05) is 0 Å². The van der Waals surface area contributed by atoms with Gasteiger partial charge < -0.3 is 0 Å². The SMILES string of the molecule is Fc1ccc2c(c1)C[n+]1ccn(-c3c(-c4ccccc4)cc(-c4ccccc4)cc3-c3ccccc3)c1-2. The number of benzene rings is 5. The van der Waals surface area contributed by atoms with Crippen molar-refractivity contribution in [3.05, 3.63) is 145 Å². The number of aromatic nitrogens is 2. The lowest BCUT2D eigenvalue weighted by molar-refractivity contribution is -0.671. The van der Waals surface area contributed by atoms with Crippen LogP contribution in [0.2, 0.25) is 0 Å². The Bertz CT molecular complexity index is 1680. The molecule has 0 saturated carbocycles. The fraction of sp³-hybridized carbons (Fsp3) is 0.0294. The molecule has 0 bridgehead atoms. The molecule has 176 valence electrons. The van der Waals surface area contributed by atoms with Crippen molar-refractivity contribution in [2.45, 2.75) is 6.54 Å². The summed E-state index contributed by atoms with van der Waals surface area (Å²) in [5.41, 5.74) is 10.1. The summed E-state index contributed by atoms with van der Waals surface area (Å²) in [6.45, 7) is 0.666. The van der Waals surface area contributed by atoms with Gasteiger partial charge in [-0.05, 0) is 52.6 Å². The smallest absolute Gasteiger partial charge is 0.225 e. The highest BCUT2D eigenvalue weighted by Crippen LogP contribution is 2.42. The van der Waals surface area contributed by atoms with Gasteiger partial charge in [0, 0.05) is 16.7 Å². The first kappa shape index (κ1) is 21.5. The lowest BCUT2D eigenvalue weighted by atomic mass is 9.90. The highest BCUT2D eigenvalue weighted by Gasteiger charge is 2.33. The second-order valence-electron chi connectivity index (χ2n) is 9.44. The second-order valence-corrected chi connectivity index (χ2v) is 9.44. The molecule has 0 atom stereocenters. The molecule has 3 heteroatoms. The quantitative estimate of drug-likeness (QED) is 0.227. The maximum Gasteiger partial charge on any atom is 0.294 e. The van der Waals surface area contributed by atoms with E-state index in [1.807, 2.05) is 6.07 Å². The predicted octanol–water partition coefficient (Wildman–Crippen LogP) is 7.93. The summed E-state index contributed by atoms with van der Waals surface area (Å²) >= 11 is 0. The van der Waals surface area contributed by atoms with E-state index in [1.165, 1.54) is 11.1 Å². The molecule has 7 rings (SSSR count). The molecule has 5 aromatic carbocycles. The van der Waals surface area contributed by atoms with Gasteiger partial charge in [0.15, 0.2) is 0 Å². The van der Waals surface area contributed by atoms with Crippen LogP contribution in [-0.2, 0) is 6.54 Å². The molecule has 1 aliphatic rings. The van der Waals surface area contributed by atoms with Gasteiger partial charge >= 0.3 is 0 Å². The van der Waals surface area contributed by atoms with Gasteiger partial charge in [0.1, 0.15) is 30.4 Å². The van der Waals surface area contributed by atoms with E-state index in [0.717, 1.165) is 44.9 Å². The van der Waals surface area contributed by atoms with Crippen LogP contribution in [0.25, 0.3) is 50.5 Å². The van der Waals surface area contributed by atoms with E-state index in [4.69, 9.17) is 0 Å². The van der Waals surface area contributed by atoms with Gasteiger partial charge in [0.2, 0.25) is 0 Å². The van der Waals surface area contributed by atoms with Crippen molar-refractivity contribution >= 4 is 0 Å². The van der Waals surface area contributed by atoms with Crippen LogP contribution in [0.3, 0.4) is 0 Å². The maximum atomic E-state index is 14.1. The Labute approximate surface area is 215 Å². The molecule has 0 N–H and O–H groups in total. The summed E-state index contributed by atoms with van der Waals surface area (Å²) in [4.78, 5) is 0. The summed E-state index contributed by atoms with van der Waals surface area (Å²) in [5, 5.41) is 0. The zero-order valence-corrected chi connectivity index (χ0v) is 20.2. The lowest BCUT2D eigenvalue weighted by Gasteiger charge is -2.17. The van der Waals surface area contributed by atoms with Gasteiger partial charge in [-0.1, -0.05) is 91.0 Å². The fourth-order valence-electron chi connectivity index (χ4n) is 5.48. The maximum absolute atomic E-state index is 14.1. The molecule has 0 fully saturated rings. The zero-order valence-electron chi connectivity index (χ0n) is 20.2. The van der Waals surface area contributed by atoms with Crippen LogP contribution in [0.1, 0.15) is 5.56 Å². The number of imidazole rings is 1. The minimum absolute atomic E-state index is 0.196. The molecular formula is C34H24FN2+. The molecular weight excluding hydrogens is 455 g/mol. The predicted molar refractivity (Wildman–Crippen MR) is 147 cm³/mol. The zero-order chi connectivity index (χ0) is 24.8. The Morgan fingerprint density at radius 3 is 1.73 bits per heavy atom. The Hall–Kier alpha value is -4.76. The lowest BCUT2D eigenvalue weighted by Crippen LogP contribution is -2.30. The van der Waals surface area contributed by atoms with E-state index in [0.29, 0.717) is 6.54 Å². The van der Waals surface area contributed by atoms with Gasteiger partial charge in [-0.3, -0.25) is 0 Å². The van der Waals surface area contributed by atoms with Crippen molar-refractivity contribution in [2.24, 2.45) is 0 Å². The van der Waals surface area contributed by atoms with Crippen LogP contribution in [0, 0.1) is 5.82 Å². The molecule has 2 nitrogen and oxygen atoms in total. The molecule has 0 saturated heterocycles. The van der Waals surface area contributed by atoms with E-state index < -0.39 is 0 Å². The number of halogens is 1. The minimum Gasteiger partial charge on any atom is -0.225 e. The Kier molecular flexibility index (Phi) is 5.07. The molecule has 0 amide bonds. The molecule has 0 radical (unpaired) electrons. The van der Waals surface area contributed by atoms with Crippen LogP contribution in [0.5, 0.6) is 0 Å². The first-order valence-electron chi connectivity index (χ1n) is 12.5. The monoisotopic (exact) mass is 479 g/mol. The van der Waals surface area contributed by atoms with Crippen molar-refractivity contribution in [1.82, 2.24) is 4.57 Å². The van der Waals surface area contributed by atoms with Crippen LogP contribution in [0.4, 0.5) is 4.39 Å². The number of nitrogens with zero attached hydrogens (tertiary/aromatic N) is 2. The molecule has 37 heavy (non-hydrogen) atoms. The van der Waals surface area contributed by atoms with Gasteiger partial charge in [0.05, 0.1) is 5.56 Å². The topological polar surface area (TPSA) is 8.81 Å². The Morgan fingerprint density at radius 1 is 0.568 bits per heavy atom. The van der Waals surface area contributed by atoms with Crippen LogP contribution in [0.15, 0.2) is 134 Å². The normalized spacial score (nSPS) is 11.8. The third-order valence-electron chi connectivity index (χ3n) is 7.17. The summed E-state index contributed by atoms with van der Waals surface area (Å²) < 4.78 is 18.6. The van der Waals surface area contributed by atoms with Crippen LogP contribution < -0.4 is 4.57 Å². The fourth-order valence-corrected chi connectivity index (χ4v) is 5.48. The number of fused-ring (bicyclic) bond motifs is 3. The largest absolute Gasteiger partial charge is 0.294 e. The number of hydrogen-bond donors (Lipinski definition) is 0. The Morgan fingerprint density at radius 2 is 1.14 bits per heavy atom. The molecule has 1 aliphatic heterocycles. The van der Waals surface area contributed by atoms with Gasteiger partial charge in [-0.15, -0.1) is 0 Å². The molecule has 0 unspecified atom stereocenters. The van der Waals surface area contributed by atoms with Crippen LogP contribution in [-0.4, -0.2) is 4.57 Å². The van der Waals surface area contributed by atoms with Crippen molar-refractivity contribution < 1.29 is 8.96 Å². The van der Waals surface area contributed by atoms with Gasteiger partial charge in [-0.25, -0.2) is 8.96 Å². The van der Waals surface area contributed by atoms with E-state index in [2.05, 4.69) is 125 Å². The van der Waals surface area contributed by atoms with Crippen molar-refractivity contribution in [1.29, 1.82) is 0 Å². The first-order chi connectivity index (χ1) is 18.3. The molecule has 2 heterocycles. The van der Waals surface area contributed by atoms with E-state index >= 15 is 0 Å². The summed E-state index contributed by atoms with van der Waals surface area (Å²) in [7, 11) is 0. The highest BCUT2D eigenvalue weighted by molar-refractivity contribution is 5.91. The van der Waals surface area contributed by atoms with E-state index in [-0.39, 0.29) is 5.82 Å². The number of rotatable bonds is 4. The standard InChI is InChI=1S/C34H24FN2/c35-29-16-17-30-28(20-29)23-36-18-19-37(34(30)36)33-31(25-12-6-2-7-13-25)21-27(24-10-4-1-5-11-24)22-32(33)26-14-8-3-9-15-26/h1-22H,23H2/q+1. The summed E-state index contributed by atoms with van der Waals surface area (Å²) in [6.07, 6.45) is 4.24.